The van der Waals surface area contributed by atoms with Crippen LogP contribution in [0.4, 0.5) is 0 Å². The van der Waals surface area contributed by atoms with Crippen LogP contribution in [0.25, 0.3) is 0 Å². The zero-order valence-corrected chi connectivity index (χ0v) is 6.34. The third-order valence-corrected chi connectivity index (χ3v) is 2.35. The number of piperidine rings is 1. The third-order valence-electron chi connectivity index (χ3n) is 2.35. The van der Waals surface area contributed by atoms with E-state index < -0.39 is 0 Å². The van der Waals surface area contributed by atoms with Gasteiger partial charge in [-0.25, -0.2) is 0 Å². The van der Waals surface area contributed by atoms with E-state index in [4.69, 9.17) is 0 Å². The second-order valence-corrected chi connectivity index (χ2v) is 3.18. The molecule has 10 heavy (non-hydrogen) atoms. The lowest BCUT2D eigenvalue weighted by Crippen LogP contribution is -2.36. The highest BCUT2D eigenvalue weighted by molar-refractivity contribution is 4.99. The van der Waals surface area contributed by atoms with Crippen LogP contribution in [-0.4, -0.2) is 13.1 Å². The second-order valence-electron chi connectivity index (χ2n) is 3.18. The Morgan fingerprint density at radius 3 is 2.90 bits per heavy atom. The van der Waals surface area contributed by atoms with Gasteiger partial charge in [0.05, 0.1) is 0 Å². The van der Waals surface area contributed by atoms with Crippen molar-refractivity contribution in [2.45, 2.75) is 12.8 Å². The Hall–Kier alpha value is -0.340. The summed E-state index contributed by atoms with van der Waals surface area (Å²) in [5.41, 5.74) is 0. The van der Waals surface area contributed by atoms with E-state index in [2.05, 4.69) is 17.5 Å². The SMILES string of the molecule is C1=CC2CNCC(C1)C2.N. The first-order chi connectivity index (χ1) is 4.45. The minimum absolute atomic E-state index is 0. The Balaban J connectivity index is 0.000000500. The lowest BCUT2D eigenvalue weighted by molar-refractivity contribution is 0.311. The lowest BCUT2D eigenvalue weighted by Gasteiger charge is -2.30. The van der Waals surface area contributed by atoms with Crippen LogP contribution in [0.1, 0.15) is 12.8 Å². The van der Waals surface area contributed by atoms with Crippen LogP contribution in [0.2, 0.25) is 0 Å². The molecule has 2 bridgehead atoms. The number of allylic oxidation sites excluding steroid dienone is 1. The summed E-state index contributed by atoms with van der Waals surface area (Å²) >= 11 is 0. The maximum Gasteiger partial charge on any atom is 0.00144 e. The Morgan fingerprint density at radius 1 is 1.30 bits per heavy atom. The fourth-order valence-corrected chi connectivity index (χ4v) is 1.86. The number of hydrogen-bond donors (Lipinski definition) is 2. The molecule has 2 aliphatic rings. The van der Waals surface area contributed by atoms with E-state index in [1.165, 1.54) is 25.9 Å². The molecular weight excluding hydrogens is 124 g/mol. The van der Waals surface area contributed by atoms with Crippen molar-refractivity contribution in [3.8, 4) is 0 Å². The Labute approximate surface area is 62.3 Å². The summed E-state index contributed by atoms with van der Waals surface area (Å²) in [5.74, 6) is 1.81. The maximum absolute atomic E-state index is 3.44. The first-order valence-corrected chi connectivity index (χ1v) is 3.82. The first kappa shape index (κ1) is 7.76. The molecule has 2 nitrogen and oxygen atoms in total. The maximum atomic E-state index is 3.44. The van der Waals surface area contributed by atoms with Gasteiger partial charge in [-0.1, -0.05) is 12.2 Å². The molecule has 2 heteroatoms. The smallest absolute Gasteiger partial charge is 0.00144 e. The van der Waals surface area contributed by atoms with Crippen molar-refractivity contribution in [3.63, 3.8) is 0 Å². The van der Waals surface area contributed by atoms with Crippen molar-refractivity contribution in [3.05, 3.63) is 12.2 Å². The van der Waals surface area contributed by atoms with Gasteiger partial charge in [0.1, 0.15) is 0 Å². The van der Waals surface area contributed by atoms with E-state index in [0.717, 1.165) is 11.8 Å². The predicted molar refractivity (Wildman–Crippen MR) is 43.2 cm³/mol. The van der Waals surface area contributed by atoms with Crippen LogP contribution < -0.4 is 11.5 Å². The summed E-state index contributed by atoms with van der Waals surface area (Å²) in [5, 5.41) is 3.44. The minimum atomic E-state index is 0. The fourth-order valence-electron chi connectivity index (χ4n) is 1.86. The van der Waals surface area contributed by atoms with Gasteiger partial charge < -0.3 is 11.5 Å². The number of rotatable bonds is 0. The van der Waals surface area contributed by atoms with Gasteiger partial charge in [0.15, 0.2) is 0 Å². The molecule has 0 aromatic carbocycles. The molecule has 1 aliphatic heterocycles. The Bertz CT molecular complexity index is 131. The molecule has 0 aromatic heterocycles. The van der Waals surface area contributed by atoms with Gasteiger partial charge in [-0.2, -0.15) is 0 Å². The minimum Gasteiger partial charge on any atom is -0.344 e. The van der Waals surface area contributed by atoms with Crippen LogP contribution in [0, 0.1) is 11.8 Å². The normalized spacial score (nSPS) is 36.8. The van der Waals surface area contributed by atoms with Gasteiger partial charge in [-0.3, -0.25) is 0 Å². The van der Waals surface area contributed by atoms with Crippen LogP contribution in [0.3, 0.4) is 0 Å². The molecule has 0 amide bonds. The molecule has 58 valence electrons. The van der Waals surface area contributed by atoms with E-state index in [1.807, 2.05) is 0 Å². The highest BCUT2D eigenvalue weighted by Crippen LogP contribution is 2.25. The molecule has 2 atom stereocenters. The van der Waals surface area contributed by atoms with Gasteiger partial charge in [0.25, 0.3) is 0 Å². The fraction of sp³-hybridized carbons (Fsp3) is 0.750. The van der Waals surface area contributed by atoms with E-state index in [9.17, 15) is 0 Å². The van der Waals surface area contributed by atoms with Crippen molar-refractivity contribution in [2.24, 2.45) is 11.8 Å². The topological polar surface area (TPSA) is 47.0 Å². The monoisotopic (exact) mass is 140 g/mol. The Morgan fingerprint density at radius 2 is 2.20 bits per heavy atom. The van der Waals surface area contributed by atoms with Crippen molar-refractivity contribution in [1.29, 1.82) is 0 Å². The zero-order chi connectivity index (χ0) is 6.10. The molecule has 1 fully saturated rings. The van der Waals surface area contributed by atoms with E-state index in [0.29, 0.717) is 0 Å². The molecular formula is C8H16N2. The summed E-state index contributed by atoms with van der Waals surface area (Å²) in [6.07, 6.45) is 7.45. The summed E-state index contributed by atoms with van der Waals surface area (Å²) in [7, 11) is 0. The van der Waals surface area contributed by atoms with E-state index >= 15 is 0 Å². The van der Waals surface area contributed by atoms with Crippen molar-refractivity contribution >= 4 is 0 Å². The highest BCUT2D eigenvalue weighted by Gasteiger charge is 2.21. The van der Waals surface area contributed by atoms with Gasteiger partial charge in [0.2, 0.25) is 0 Å². The quantitative estimate of drug-likeness (QED) is 0.499. The molecule has 0 saturated carbocycles. The molecule has 1 saturated heterocycles. The highest BCUT2D eigenvalue weighted by atomic mass is 14.9. The molecule has 2 unspecified atom stereocenters. The summed E-state index contributed by atoms with van der Waals surface area (Å²) in [6.45, 7) is 2.47. The zero-order valence-electron chi connectivity index (χ0n) is 6.34. The Kier molecular flexibility index (Phi) is 2.46. The van der Waals surface area contributed by atoms with Crippen LogP contribution in [-0.2, 0) is 0 Å². The number of nitrogens with one attached hydrogen (secondary N) is 1. The number of hydrogen-bond acceptors (Lipinski definition) is 2. The second kappa shape index (κ2) is 3.17. The molecule has 0 radical (unpaired) electrons. The standard InChI is InChI=1S/C8H13N.H3N/c1-2-7-4-8(3-1)6-9-5-7;/h1-2,7-9H,3-6H2;1H3. The molecule has 2 rings (SSSR count). The third kappa shape index (κ3) is 1.39. The van der Waals surface area contributed by atoms with Crippen molar-refractivity contribution in [1.82, 2.24) is 11.5 Å². The molecule has 0 spiro atoms. The van der Waals surface area contributed by atoms with Gasteiger partial charge >= 0.3 is 0 Å². The molecule has 0 aromatic rings. The molecule has 4 N–H and O–H groups in total. The summed E-state index contributed by atoms with van der Waals surface area (Å²) < 4.78 is 0. The summed E-state index contributed by atoms with van der Waals surface area (Å²) in [6, 6.07) is 0. The average molecular weight is 140 g/mol. The van der Waals surface area contributed by atoms with E-state index in [-0.39, 0.29) is 6.15 Å². The average Bonchev–Trinajstić information content (AvgIpc) is 1.88. The summed E-state index contributed by atoms with van der Waals surface area (Å²) in [4.78, 5) is 0. The van der Waals surface area contributed by atoms with Crippen LogP contribution in [0.15, 0.2) is 12.2 Å². The van der Waals surface area contributed by atoms with Crippen LogP contribution in [0.5, 0.6) is 0 Å². The van der Waals surface area contributed by atoms with Gasteiger partial charge in [0, 0.05) is 6.54 Å². The van der Waals surface area contributed by atoms with Gasteiger partial charge in [-0.15, -0.1) is 0 Å². The molecule has 1 heterocycles. The molecule has 1 aliphatic carbocycles. The first-order valence-electron chi connectivity index (χ1n) is 3.82. The van der Waals surface area contributed by atoms with Crippen LogP contribution >= 0.6 is 0 Å². The lowest BCUT2D eigenvalue weighted by atomic mass is 9.84. The van der Waals surface area contributed by atoms with Crippen molar-refractivity contribution < 1.29 is 0 Å². The van der Waals surface area contributed by atoms with Gasteiger partial charge in [-0.05, 0) is 31.2 Å². The predicted octanol–water partition coefficient (Wildman–Crippen LogP) is 1.33. The number of fused-ring (bicyclic) bond motifs is 2. The largest absolute Gasteiger partial charge is 0.344 e. The van der Waals surface area contributed by atoms with Crippen molar-refractivity contribution in [2.75, 3.05) is 13.1 Å². The van der Waals surface area contributed by atoms with E-state index in [1.54, 1.807) is 0 Å².